The van der Waals surface area contributed by atoms with Crippen LogP contribution in [0.25, 0.3) is 17.1 Å². The molecule has 0 aliphatic carbocycles. The Morgan fingerprint density at radius 3 is 2.03 bits per heavy atom. The van der Waals surface area contributed by atoms with Gasteiger partial charge in [-0.2, -0.15) is 0 Å². The van der Waals surface area contributed by atoms with Crippen LogP contribution in [-0.4, -0.2) is 19.9 Å². The van der Waals surface area contributed by atoms with E-state index in [1.54, 1.807) is 42.1 Å². The molecule has 0 saturated heterocycles. The second-order valence-corrected chi connectivity index (χ2v) is 8.56. The second-order valence-electron chi connectivity index (χ2n) is 7.49. The number of phenols is 1. The number of hydrogen-bond donors (Lipinski definition) is 1. The largest absolute Gasteiger partial charge is 0.508 e. The summed E-state index contributed by atoms with van der Waals surface area (Å²) in [6.45, 7) is 0. The third-order valence-corrected chi connectivity index (χ3v) is 6.49. The van der Waals surface area contributed by atoms with E-state index in [1.165, 1.54) is 12.1 Å². The highest BCUT2D eigenvalue weighted by atomic mass is 32.2. The van der Waals surface area contributed by atoms with Gasteiger partial charge in [0, 0.05) is 11.6 Å². The Labute approximate surface area is 195 Å². The first kappa shape index (κ1) is 21.0. The first-order valence-electron chi connectivity index (χ1n) is 10.5. The van der Waals surface area contributed by atoms with Gasteiger partial charge >= 0.3 is 0 Å². The quantitative estimate of drug-likeness (QED) is 0.292. The average Bonchev–Trinajstić information content (AvgIpc) is 3.27. The van der Waals surface area contributed by atoms with Crippen molar-refractivity contribution in [3.05, 3.63) is 126 Å². The molecule has 5 aromatic rings. The summed E-state index contributed by atoms with van der Waals surface area (Å²) >= 11 is 1.56. The Bertz CT molecular complexity index is 1330. The van der Waals surface area contributed by atoms with Crippen LogP contribution in [0.1, 0.15) is 16.4 Å². The van der Waals surface area contributed by atoms with E-state index >= 15 is 0 Å². The van der Waals surface area contributed by atoms with Crippen LogP contribution in [-0.2, 0) is 0 Å². The Morgan fingerprint density at radius 1 is 0.727 bits per heavy atom. The molecule has 4 nitrogen and oxygen atoms in total. The van der Waals surface area contributed by atoms with E-state index in [1.807, 2.05) is 47.0 Å². The van der Waals surface area contributed by atoms with E-state index in [9.17, 15) is 9.50 Å². The molecule has 0 atom stereocenters. The van der Waals surface area contributed by atoms with E-state index in [-0.39, 0.29) is 16.8 Å². The highest BCUT2D eigenvalue weighted by Gasteiger charge is 2.23. The van der Waals surface area contributed by atoms with Crippen LogP contribution in [0.2, 0.25) is 0 Å². The number of thioether (sulfide) groups is 1. The smallest absolute Gasteiger partial charge is 0.197 e. The lowest BCUT2D eigenvalue weighted by atomic mass is 10.0. The maximum absolute atomic E-state index is 14.0. The van der Waals surface area contributed by atoms with Gasteiger partial charge in [0.05, 0.1) is 10.9 Å². The molecule has 0 unspecified atom stereocenters. The van der Waals surface area contributed by atoms with Gasteiger partial charge in [-0.25, -0.2) is 4.39 Å². The maximum atomic E-state index is 14.0. The Kier molecular flexibility index (Phi) is 5.91. The number of halogens is 1. The van der Waals surface area contributed by atoms with Crippen LogP contribution < -0.4 is 0 Å². The molecule has 33 heavy (non-hydrogen) atoms. The Morgan fingerprint density at radius 2 is 1.39 bits per heavy atom. The minimum atomic E-state index is -0.349. The fourth-order valence-corrected chi connectivity index (χ4v) is 4.90. The van der Waals surface area contributed by atoms with Crippen molar-refractivity contribution in [3.63, 3.8) is 0 Å². The van der Waals surface area contributed by atoms with Gasteiger partial charge in [0.1, 0.15) is 11.6 Å². The van der Waals surface area contributed by atoms with Crippen LogP contribution in [0.5, 0.6) is 5.75 Å². The zero-order chi connectivity index (χ0) is 22.6. The summed E-state index contributed by atoms with van der Waals surface area (Å²) in [4.78, 5) is 0. The van der Waals surface area contributed by atoms with Gasteiger partial charge in [-0.1, -0.05) is 90.6 Å². The van der Waals surface area contributed by atoms with Gasteiger partial charge in [-0.3, -0.25) is 4.57 Å². The molecule has 5 rings (SSSR count). The van der Waals surface area contributed by atoms with E-state index in [4.69, 9.17) is 0 Å². The summed E-state index contributed by atoms with van der Waals surface area (Å²) in [7, 11) is 0. The van der Waals surface area contributed by atoms with Gasteiger partial charge in [-0.15, -0.1) is 10.2 Å². The molecule has 0 radical (unpaired) electrons. The molecule has 1 heterocycles. The average molecular weight is 454 g/mol. The van der Waals surface area contributed by atoms with E-state index in [0.717, 1.165) is 11.1 Å². The minimum Gasteiger partial charge on any atom is -0.508 e. The van der Waals surface area contributed by atoms with Gasteiger partial charge in [0.2, 0.25) is 0 Å². The fourth-order valence-electron chi connectivity index (χ4n) is 3.72. The van der Waals surface area contributed by atoms with Crippen LogP contribution in [0.3, 0.4) is 0 Å². The van der Waals surface area contributed by atoms with Crippen molar-refractivity contribution >= 4 is 11.8 Å². The van der Waals surface area contributed by atoms with Gasteiger partial charge < -0.3 is 5.11 Å². The van der Waals surface area contributed by atoms with Gasteiger partial charge in [0.25, 0.3) is 0 Å². The van der Waals surface area contributed by atoms with Crippen molar-refractivity contribution in [2.45, 2.75) is 10.4 Å². The third-order valence-electron chi connectivity index (χ3n) is 5.23. The number of aromatic hydroxyl groups is 1. The van der Waals surface area contributed by atoms with E-state index < -0.39 is 0 Å². The first-order chi connectivity index (χ1) is 16.2. The number of aromatic nitrogens is 3. The van der Waals surface area contributed by atoms with Gasteiger partial charge in [-0.05, 0) is 35.4 Å². The van der Waals surface area contributed by atoms with Crippen molar-refractivity contribution in [2.75, 3.05) is 0 Å². The summed E-state index contributed by atoms with van der Waals surface area (Å²) in [5, 5.41) is 19.6. The van der Waals surface area contributed by atoms with Crippen LogP contribution in [0.15, 0.2) is 114 Å². The predicted molar refractivity (Wildman–Crippen MR) is 129 cm³/mol. The molecule has 0 bridgehead atoms. The zero-order valence-corrected chi connectivity index (χ0v) is 18.4. The molecule has 162 valence electrons. The molecule has 1 aromatic heterocycles. The lowest BCUT2D eigenvalue weighted by Gasteiger charge is -2.18. The van der Waals surface area contributed by atoms with Crippen LogP contribution >= 0.6 is 11.8 Å². The molecule has 0 amide bonds. The summed E-state index contributed by atoms with van der Waals surface area (Å²) in [6.07, 6.45) is 0. The monoisotopic (exact) mass is 453 g/mol. The molecule has 0 aliphatic rings. The number of phenolic OH excluding ortho intramolecular Hbond substituents is 1. The van der Waals surface area contributed by atoms with Crippen molar-refractivity contribution in [2.24, 2.45) is 0 Å². The molecule has 0 fully saturated rings. The van der Waals surface area contributed by atoms with E-state index in [2.05, 4.69) is 34.5 Å². The molecule has 6 heteroatoms. The molecule has 4 aromatic carbocycles. The normalized spacial score (nSPS) is 11.1. The number of benzene rings is 4. The molecular weight excluding hydrogens is 433 g/mol. The second kappa shape index (κ2) is 9.30. The van der Waals surface area contributed by atoms with E-state index in [0.29, 0.717) is 22.2 Å². The Balaban J connectivity index is 1.66. The predicted octanol–water partition coefficient (Wildman–Crippen LogP) is 6.66. The molecule has 0 spiro atoms. The maximum Gasteiger partial charge on any atom is 0.197 e. The highest BCUT2D eigenvalue weighted by molar-refractivity contribution is 7.99. The lowest BCUT2D eigenvalue weighted by Crippen LogP contribution is -2.03. The van der Waals surface area contributed by atoms with Crippen molar-refractivity contribution < 1.29 is 9.50 Å². The number of nitrogens with zero attached hydrogens (tertiary/aromatic N) is 3. The number of rotatable bonds is 6. The summed E-state index contributed by atoms with van der Waals surface area (Å²) in [5.74, 6) is 0.283. The molecule has 0 aliphatic heterocycles. The summed E-state index contributed by atoms with van der Waals surface area (Å²) in [5.41, 5.74) is 3.56. The highest BCUT2D eigenvalue weighted by Crippen LogP contribution is 2.41. The lowest BCUT2D eigenvalue weighted by molar-refractivity contribution is 0.475. The summed E-state index contributed by atoms with van der Waals surface area (Å²) in [6, 6.07) is 33.6. The van der Waals surface area contributed by atoms with Gasteiger partial charge in [0.15, 0.2) is 11.0 Å². The Hall–Kier alpha value is -3.90. The number of hydrogen-bond acceptors (Lipinski definition) is 4. The van der Waals surface area contributed by atoms with Crippen molar-refractivity contribution in [1.82, 2.24) is 14.8 Å². The zero-order valence-electron chi connectivity index (χ0n) is 17.5. The van der Waals surface area contributed by atoms with Crippen LogP contribution in [0.4, 0.5) is 4.39 Å². The first-order valence-corrected chi connectivity index (χ1v) is 11.3. The molecular formula is C27H20FN3OS. The minimum absolute atomic E-state index is 0.0342. The SMILES string of the molecule is Oc1cccc(-n2c(SC(c3ccccc3)c3ccccc3)nnc2-c2cccc(F)c2)c1. The standard InChI is InChI=1S/C27H20FN3OS/c28-22-14-7-13-21(17-22)26-29-30-27(31(26)23-15-8-16-24(32)18-23)33-25(19-9-3-1-4-10-19)20-11-5-2-6-12-20/h1-18,25,32H. The van der Waals surface area contributed by atoms with Crippen molar-refractivity contribution in [3.8, 4) is 22.8 Å². The topological polar surface area (TPSA) is 50.9 Å². The third kappa shape index (κ3) is 4.52. The fraction of sp³-hybridized carbons (Fsp3) is 0.0370. The molecule has 1 N–H and O–H groups in total. The summed E-state index contributed by atoms with van der Waals surface area (Å²) < 4.78 is 15.9. The van der Waals surface area contributed by atoms with Crippen LogP contribution in [0, 0.1) is 5.82 Å². The van der Waals surface area contributed by atoms with Crippen molar-refractivity contribution in [1.29, 1.82) is 0 Å². The molecule has 0 saturated carbocycles.